The highest BCUT2D eigenvalue weighted by Crippen LogP contribution is 2.38. The lowest BCUT2D eigenvalue weighted by molar-refractivity contribution is -0.132. The molecule has 2 aliphatic heterocycles. The van der Waals surface area contributed by atoms with E-state index in [1.165, 1.54) is 19.4 Å². The quantitative estimate of drug-likeness (QED) is 0.619. The number of carbonyl (C=O) groups excluding carboxylic acids is 1. The second-order valence-electron chi connectivity index (χ2n) is 7.99. The van der Waals surface area contributed by atoms with E-state index >= 15 is 0 Å². The Kier molecular flexibility index (Phi) is 9.50. The third kappa shape index (κ3) is 7.52. The van der Waals surface area contributed by atoms with Crippen molar-refractivity contribution >= 4 is 17.7 Å². The normalized spacial score (nSPS) is 25.0. The van der Waals surface area contributed by atoms with Crippen LogP contribution >= 0.6 is 11.8 Å². The van der Waals surface area contributed by atoms with E-state index in [1.54, 1.807) is 16.7 Å². The fourth-order valence-electron chi connectivity index (χ4n) is 3.97. The Morgan fingerprint density at radius 3 is 2.61 bits per heavy atom. The molecule has 3 aliphatic rings. The summed E-state index contributed by atoms with van der Waals surface area (Å²) in [5, 5.41) is 6.54. The molecule has 5 nitrogen and oxygen atoms in total. The summed E-state index contributed by atoms with van der Waals surface area (Å²) in [6.45, 7) is 5.47. The van der Waals surface area contributed by atoms with Crippen LogP contribution in [0.2, 0.25) is 0 Å². The minimum atomic E-state index is -2.52. The van der Waals surface area contributed by atoms with Gasteiger partial charge in [0.2, 0.25) is 11.8 Å². The summed E-state index contributed by atoms with van der Waals surface area (Å²) in [6, 6.07) is 0.750. The summed E-state index contributed by atoms with van der Waals surface area (Å²) in [5.74, 6) is -1.43. The van der Waals surface area contributed by atoms with Crippen molar-refractivity contribution in [3.63, 3.8) is 0 Å². The molecule has 1 aliphatic carbocycles. The smallest absolute Gasteiger partial charge is 0.248 e. The molecule has 0 aromatic heterocycles. The average molecular weight is 419 g/mol. The van der Waals surface area contributed by atoms with E-state index in [9.17, 15) is 13.6 Å². The maximum absolute atomic E-state index is 13.1. The van der Waals surface area contributed by atoms with Gasteiger partial charge < -0.3 is 21.3 Å². The van der Waals surface area contributed by atoms with Gasteiger partial charge in [-0.15, -0.1) is 11.8 Å². The van der Waals surface area contributed by atoms with E-state index < -0.39 is 5.92 Å². The Balaban J connectivity index is 0.000000292. The first-order valence-electron chi connectivity index (χ1n) is 10.5. The van der Waals surface area contributed by atoms with Gasteiger partial charge >= 0.3 is 0 Å². The van der Waals surface area contributed by atoms with Gasteiger partial charge in [0.15, 0.2) is 0 Å². The summed E-state index contributed by atoms with van der Waals surface area (Å²) >= 11 is 1.68. The van der Waals surface area contributed by atoms with Gasteiger partial charge in [-0.1, -0.05) is 6.92 Å². The molecule has 1 amide bonds. The monoisotopic (exact) mass is 418 g/mol. The van der Waals surface area contributed by atoms with Gasteiger partial charge in [0.25, 0.3) is 0 Å². The zero-order valence-electron chi connectivity index (χ0n) is 17.2. The highest BCUT2D eigenvalue weighted by molar-refractivity contribution is 8.03. The molecule has 0 radical (unpaired) electrons. The van der Waals surface area contributed by atoms with Crippen molar-refractivity contribution in [2.24, 2.45) is 11.7 Å². The fourth-order valence-corrected chi connectivity index (χ4v) is 4.82. The molecule has 3 rings (SSSR count). The number of amides is 1. The van der Waals surface area contributed by atoms with Gasteiger partial charge in [-0.05, 0) is 50.9 Å². The van der Waals surface area contributed by atoms with Crippen LogP contribution in [-0.2, 0) is 4.79 Å². The van der Waals surface area contributed by atoms with Crippen molar-refractivity contribution in [1.82, 2.24) is 15.5 Å². The van der Waals surface area contributed by atoms with Crippen molar-refractivity contribution in [1.29, 1.82) is 0 Å². The third-order valence-electron chi connectivity index (χ3n) is 5.64. The van der Waals surface area contributed by atoms with Crippen LogP contribution in [0, 0.1) is 5.92 Å². The minimum Gasteiger partial charge on any atom is -0.400 e. The highest BCUT2D eigenvalue weighted by atomic mass is 32.2. The van der Waals surface area contributed by atoms with Crippen LogP contribution in [0.4, 0.5) is 8.78 Å². The first-order valence-corrected chi connectivity index (χ1v) is 11.5. The summed E-state index contributed by atoms with van der Waals surface area (Å²) in [7, 11) is 2.00. The molecule has 162 valence electrons. The molecule has 1 saturated carbocycles. The molecule has 8 heteroatoms. The summed E-state index contributed by atoms with van der Waals surface area (Å²) in [6.07, 6.45) is 3.82. The number of thioether (sulfide) groups is 1. The topological polar surface area (TPSA) is 70.4 Å². The van der Waals surface area contributed by atoms with Crippen molar-refractivity contribution in [3.8, 4) is 0 Å². The lowest BCUT2D eigenvalue weighted by atomic mass is 9.84. The Morgan fingerprint density at radius 2 is 2.04 bits per heavy atom. The fraction of sp³-hybridized carbons (Fsp3) is 0.850. The maximum Gasteiger partial charge on any atom is 0.248 e. The number of carbonyl (C=O) groups is 1. The predicted octanol–water partition coefficient (Wildman–Crippen LogP) is 2.93. The maximum atomic E-state index is 13.1. The van der Waals surface area contributed by atoms with E-state index in [2.05, 4.69) is 17.6 Å². The van der Waals surface area contributed by atoms with Crippen LogP contribution < -0.4 is 16.4 Å². The van der Waals surface area contributed by atoms with Crippen molar-refractivity contribution < 1.29 is 13.6 Å². The van der Waals surface area contributed by atoms with Crippen molar-refractivity contribution in [2.75, 3.05) is 39.0 Å². The minimum absolute atomic E-state index is 0.0508. The van der Waals surface area contributed by atoms with E-state index in [-0.39, 0.29) is 24.7 Å². The van der Waals surface area contributed by atoms with Gasteiger partial charge in [0.1, 0.15) is 0 Å². The number of hydrogen-bond donors (Lipinski definition) is 3. The van der Waals surface area contributed by atoms with Gasteiger partial charge in [0.05, 0.1) is 13.1 Å². The number of nitrogens with zero attached hydrogens (tertiary/aromatic N) is 1. The molecule has 1 atom stereocenters. The van der Waals surface area contributed by atoms with Gasteiger partial charge in [0, 0.05) is 42.5 Å². The van der Waals surface area contributed by atoms with E-state index in [1.807, 2.05) is 7.05 Å². The molecule has 1 unspecified atom stereocenters. The third-order valence-corrected chi connectivity index (χ3v) is 6.67. The number of likely N-dealkylation sites (N-methyl/N-ethyl adjacent to an activating group) is 1. The standard InChI is InChI=1S/C14H22F2N2OS.C6H14N2/c1-2-20-12-9-18(8-11(12)17)13(19)7-10-3-5-14(15,16)6-4-10;1-7-5-6-3-2-4-8-6/h10H,2-9,17H2,1H3;6-8H,2-5H2,1H3. The van der Waals surface area contributed by atoms with Crippen LogP contribution in [0.1, 0.15) is 51.9 Å². The Bertz CT molecular complexity index is 528. The molecule has 4 N–H and O–H groups in total. The number of rotatable bonds is 6. The number of alkyl halides is 2. The molecule has 2 fully saturated rings. The summed E-state index contributed by atoms with van der Waals surface area (Å²) < 4.78 is 26.2. The Labute approximate surface area is 172 Å². The first-order chi connectivity index (χ1) is 13.3. The second kappa shape index (κ2) is 11.4. The summed E-state index contributed by atoms with van der Waals surface area (Å²) in [4.78, 5) is 15.0. The molecule has 0 aromatic carbocycles. The van der Waals surface area contributed by atoms with Crippen molar-refractivity contribution in [3.05, 3.63) is 10.6 Å². The molecule has 1 saturated heterocycles. The molecule has 0 aromatic rings. The van der Waals surface area contributed by atoms with Crippen LogP contribution in [-0.4, -0.2) is 61.8 Å². The van der Waals surface area contributed by atoms with Crippen LogP contribution in [0.15, 0.2) is 10.6 Å². The molecule has 28 heavy (non-hydrogen) atoms. The van der Waals surface area contributed by atoms with Gasteiger partial charge in [-0.2, -0.15) is 0 Å². The van der Waals surface area contributed by atoms with E-state index in [0.29, 0.717) is 32.4 Å². The SMILES string of the molecule is CCSC1=C(N)CN(C(=O)CC2CCC(F)(F)CC2)C1.CNCC1CCCN1. The largest absolute Gasteiger partial charge is 0.400 e. The molecular formula is C20H36F2N4OS. The lowest BCUT2D eigenvalue weighted by Gasteiger charge is -2.29. The first kappa shape index (κ1) is 23.4. The second-order valence-corrected chi connectivity index (χ2v) is 9.34. The van der Waals surface area contributed by atoms with Gasteiger partial charge in [-0.25, -0.2) is 8.78 Å². The Morgan fingerprint density at radius 1 is 1.32 bits per heavy atom. The van der Waals surface area contributed by atoms with Crippen LogP contribution in [0.3, 0.4) is 0 Å². The van der Waals surface area contributed by atoms with Crippen molar-refractivity contribution in [2.45, 2.75) is 63.8 Å². The molecule has 0 spiro atoms. The Hall–Kier alpha value is -0.860. The molecule has 2 heterocycles. The highest BCUT2D eigenvalue weighted by Gasteiger charge is 2.36. The molecular weight excluding hydrogens is 382 g/mol. The number of nitrogens with one attached hydrogen (secondary N) is 2. The number of nitrogens with two attached hydrogens (primary N) is 1. The lowest BCUT2D eigenvalue weighted by Crippen LogP contribution is -2.33. The zero-order valence-corrected chi connectivity index (χ0v) is 18.1. The number of halogens is 2. The zero-order chi connectivity index (χ0) is 20.6. The van der Waals surface area contributed by atoms with E-state index in [0.717, 1.165) is 28.9 Å². The molecule has 0 bridgehead atoms. The summed E-state index contributed by atoms with van der Waals surface area (Å²) in [5.41, 5.74) is 6.71. The van der Waals surface area contributed by atoms with Crippen LogP contribution in [0.25, 0.3) is 0 Å². The van der Waals surface area contributed by atoms with Gasteiger partial charge in [-0.3, -0.25) is 4.79 Å². The van der Waals surface area contributed by atoms with Crippen LogP contribution in [0.5, 0.6) is 0 Å². The average Bonchev–Trinajstić information content (AvgIpc) is 3.28. The number of hydrogen-bond acceptors (Lipinski definition) is 5. The van der Waals surface area contributed by atoms with E-state index in [4.69, 9.17) is 5.73 Å². The predicted molar refractivity (Wildman–Crippen MR) is 112 cm³/mol.